The van der Waals surface area contributed by atoms with Crippen molar-refractivity contribution in [1.29, 1.82) is 0 Å². The van der Waals surface area contributed by atoms with E-state index in [0.717, 1.165) is 68.1 Å². The number of aromatic nitrogens is 2. The molecule has 0 atom stereocenters. The van der Waals surface area contributed by atoms with Gasteiger partial charge >= 0.3 is 0 Å². The van der Waals surface area contributed by atoms with Crippen molar-refractivity contribution in [2.75, 3.05) is 10.6 Å². The zero-order valence-electron chi connectivity index (χ0n) is 18.5. The highest BCUT2D eigenvalue weighted by Gasteiger charge is 2.20. The molecule has 166 valence electrons. The van der Waals surface area contributed by atoms with Crippen LogP contribution in [-0.2, 0) is 6.42 Å². The Bertz CT molecular complexity index is 808. The summed E-state index contributed by atoms with van der Waals surface area (Å²) >= 11 is 0. The Kier molecular flexibility index (Phi) is 8.02. The van der Waals surface area contributed by atoms with E-state index in [2.05, 4.69) is 24.5 Å². The minimum Gasteiger partial charge on any atom is -0.367 e. The predicted octanol–water partition coefficient (Wildman–Crippen LogP) is 5.88. The molecular formula is C24H38FN5. The van der Waals surface area contributed by atoms with Gasteiger partial charge in [-0.05, 0) is 69.1 Å². The average molecular weight is 416 g/mol. The van der Waals surface area contributed by atoms with Gasteiger partial charge in [0.05, 0.1) is 0 Å². The lowest BCUT2D eigenvalue weighted by atomic mass is 9.84. The van der Waals surface area contributed by atoms with Crippen molar-refractivity contribution < 1.29 is 5.82 Å². The molecule has 1 fully saturated rings. The minimum absolute atomic E-state index is 0. The Labute approximate surface area is 181 Å². The van der Waals surface area contributed by atoms with Gasteiger partial charge in [0.15, 0.2) is 0 Å². The van der Waals surface area contributed by atoms with Gasteiger partial charge in [0.1, 0.15) is 23.3 Å². The van der Waals surface area contributed by atoms with E-state index in [1.54, 1.807) is 19.1 Å². The zero-order valence-corrected chi connectivity index (χ0v) is 18.5. The third-order valence-corrected chi connectivity index (χ3v) is 6.17. The molecule has 0 aromatic carbocycles. The number of halogens is 1. The van der Waals surface area contributed by atoms with Crippen LogP contribution in [0.2, 0.25) is 0 Å². The maximum Gasteiger partial charge on any atom is 0.135 e. The van der Waals surface area contributed by atoms with E-state index in [4.69, 9.17) is 15.7 Å². The fraction of sp³-hybridized carbons (Fsp3) is 0.583. The van der Waals surface area contributed by atoms with Gasteiger partial charge in [0.25, 0.3) is 0 Å². The topological polar surface area (TPSA) is 75.9 Å². The number of allylic oxidation sites excluding steroid dienone is 5. The Balaban J connectivity index is 0.00000341. The summed E-state index contributed by atoms with van der Waals surface area (Å²) in [6, 6.07) is 2.68. The molecule has 1 saturated carbocycles. The highest BCUT2D eigenvalue weighted by molar-refractivity contribution is 5.52. The molecule has 4 N–H and O–H groups in total. The number of nitrogens with two attached hydrogens (primary N) is 1. The standard InChI is InChI=1S/C24H36FN5.H2/c1-4-19(5-2)27-23-15-24(28-20-11-6-16(3)21(25)13-12-20)30-22(29-23)14-17-7-9-18(26)10-8-17;/h6,11,13,15,17-19H,4-5,7-10,12,14,26H2,1-3H3,(H2,27,28,29,30);1H. The second kappa shape index (κ2) is 10.7. The number of nitrogens with one attached hydrogen (secondary N) is 2. The molecule has 0 amide bonds. The smallest absolute Gasteiger partial charge is 0.135 e. The molecule has 0 bridgehead atoms. The highest BCUT2D eigenvalue weighted by Crippen LogP contribution is 2.27. The normalized spacial score (nSPS) is 22.1. The van der Waals surface area contributed by atoms with Crippen molar-refractivity contribution in [3.8, 4) is 0 Å². The third kappa shape index (κ3) is 6.39. The molecule has 1 aromatic heterocycles. The molecule has 0 radical (unpaired) electrons. The van der Waals surface area contributed by atoms with Gasteiger partial charge in [-0.15, -0.1) is 0 Å². The van der Waals surface area contributed by atoms with Crippen LogP contribution in [0, 0.1) is 5.92 Å². The predicted molar refractivity (Wildman–Crippen MR) is 125 cm³/mol. The van der Waals surface area contributed by atoms with E-state index in [-0.39, 0.29) is 7.25 Å². The number of hydrogen-bond donors (Lipinski definition) is 3. The Morgan fingerprint density at radius 2 is 1.83 bits per heavy atom. The van der Waals surface area contributed by atoms with Crippen LogP contribution in [0.3, 0.4) is 0 Å². The first-order valence-electron chi connectivity index (χ1n) is 11.4. The van der Waals surface area contributed by atoms with Gasteiger partial charge in [0.2, 0.25) is 0 Å². The molecule has 2 aliphatic rings. The van der Waals surface area contributed by atoms with Crippen LogP contribution in [0.25, 0.3) is 0 Å². The quantitative estimate of drug-likeness (QED) is 0.494. The number of anilines is 2. The summed E-state index contributed by atoms with van der Waals surface area (Å²) in [6.07, 6.45) is 13.2. The molecule has 30 heavy (non-hydrogen) atoms. The highest BCUT2D eigenvalue weighted by atomic mass is 19.1. The van der Waals surface area contributed by atoms with Crippen LogP contribution >= 0.6 is 0 Å². The fourth-order valence-corrected chi connectivity index (χ4v) is 4.07. The van der Waals surface area contributed by atoms with Crippen LogP contribution in [0.5, 0.6) is 0 Å². The lowest BCUT2D eigenvalue weighted by Gasteiger charge is -2.26. The van der Waals surface area contributed by atoms with Crippen molar-refractivity contribution in [2.45, 2.75) is 84.2 Å². The second-order valence-corrected chi connectivity index (χ2v) is 8.62. The fourth-order valence-electron chi connectivity index (χ4n) is 4.07. The summed E-state index contributed by atoms with van der Waals surface area (Å²) in [6.45, 7) is 6.14. The first-order chi connectivity index (χ1) is 14.5. The summed E-state index contributed by atoms with van der Waals surface area (Å²) in [5.74, 6) is 2.88. The average Bonchev–Trinajstić information content (AvgIpc) is 2.89. The molecule has 6 heteroatoms. The summed E-state index contributed by atoms with van der Waals surface area (Å²) in [5.41, 5.74) is 7.63. The van der Waals surface area contributed by atoms with Gasteiger partial charge in [-0.3, -0.25) is 0 Å². The van der Waals surface area contributed by atoms with Crippen molar-refractivity contribution >= 4 is 11.6 Å². The second-order valence-electron chi connectivity index (χ2n) is 8.62. The monoisotopic (exact) mass is 415 g/mol. The van der Waals surface area contributed by atoms with E-state index in [1.807, 2.05) is 12.1 Å². The van der Waals surface area contributed by atoms with Gasteiger partial charge in [-0.25, -0.2) is 14.4 Å². The van der Waals surface area contributed by atoms with Crippen LogP contribution in [0.15, 0.2) is 41.4 Å². The minimum atomic E-state index is -0.168. The zero-order chi connectivity index (χ0) is 21.5. The molecule has 2 aliphatic carbocycles. The van der Waals surface area contributed by atoms with E-state index < -0.39 is 0 Å². The van der Waals surface area contributed by atoms with Crippen molar-refractivity contribution in [3.63, 3.8) is 0 Å². The van der Waals surface area contributed by atoms with Crippen molar-refractivity contribution in [3.05, 3.63) is 47.2 Å². The van der Waals surface area contributed by atoms with Crippen LogP contribution in [-0.4, -0.2) is 22.1 Å². The van der Waals surface area contributed by atoms with Crippen molar-refractivity contribution in [1.82, 2.24) is 9.97 Å². The van der Waals surface area contributed by atoms with E-state index in [1.165, 1.54) is 0 Å². The molecule has 0 unspecified atom stereocenters. The molecule has 0 saturated heterocycles. The summed E-state index contributed by atoms with van der Waals surface area (Å²) in [4.78, 5) is 9.62. The van der Waals surface area contributed by atoms with Crippen LogP contribution in [0.4, 0.5) is 16.0 Å². The van der Waals surface area contributed by atoms with Crippen molar-refractivity contribution in [2.24, 2.45) is 11.7 Å². The van der Waals surface area contributed by atoms with Gasteiger partial charge < -0.3 is 16.4 Å². The molecule has 1 aromatic rings. The summed E-state index contributed by atoms with van der Waals surface area (Å²) in [7, 11) is 0. The lowest BCUT2D eigenvalue weighted by molar-refractivity contribution is 0.321. The molecule has 0 aliphatic heterocycles. The number of rotatable bonds is 8. The molecule has 5 nitrogen and oxygen atoms in total. The summed E-state index contributed by atoms with van der Waals surface area (Å²) < 4.78 is 13.9. The van der Waals surface area contributed by atoms with Gasteiger partial charge in [-0.2, -0.15) is 0 Å². The van der Waals surface area contributed by atoms with Crippen LogP contribution < -0.4 is 16.4 Å². The Morgan fingerprint density at radius 1 is 1.13 bits per heavy atom. The van der Waals surface area contributed by atoms with Gasteiger partial charge in [-0.1, -0.05) is 19.9 Å². The third-order valence-electron chi connectivity index (χ3n) is 6.17. The first-order valence-corrected chi connectivity index (χ1v) is 11.4. The van der Waals surface area contributed by atoms with E-state index in [9.17, 15) is 4.39 Å². The largest absolute Gasteiger partial charge is 0.367 e. The number of nitrogens with zero attached hydrogens (tertiary/aromatic N) is 2. The lowest BCUT2D eigenvalue weighted by Crippen LogP contribution is -2.27. The van der Waals surface area contributed by atoms with E-state index >= 15 is 0 Å². The molecule has 1 heterocycles. The molecule has 0 spiro atoms. The summed E-state index contributed by atoms with van der Waals surface area (Å²) in [5, 5.41) is 6.94. The Hall–Kier alpha value is -2.21. The molecule has 3 rings (SSSR count). The maximum atomic E-state index is 13.9. The van der Waals surface area contributed by atoms with Gasteiger partial charge in [0, 0.05) is 38.1 Å². The molecular weight excluding hydrogens is 377 g/mol. The Morgan fingerprint density at radius 3 is 2.53 bits per heavy atom. The first kappa shape index (κ1) is 22.5. The SMILES string of the molecule is CCC(CC)Nc1cc(NC2=CC=C(C)C(F)=CC2)nc(CC2CCC(N)CC2)n1.[HH]. The van der Waals surface area contributed by atoms with Crippen LogP contribution in [0.1, 0.15) is 73.0 Å². The number of hydrogen-bond acceptors (Lipinski definition) is 5. The maximum absolute atomic E-state index is 13.9. The van der Waals surface area contributed by atoms with E-state index in [0.29, 0.717) is 30.0 Å².